The number of nitrogens with zero attached hydrogens (tertiary/aromatic N) is 1. The second-order valence-electron chi connectivity index (χ2n) is 10.3. The summed E-state index contributed by atoms with van der Waals surface area (Å²) < 4.78 is 10.8. The maximum atomic E-state index is 13.6. The molecule has 0 radical (unpaired) electrons. The molecule has 4 aromatic rings. The van der Waals surface area contributed by atoms with E-state index in [1.54, 1.807) is 66.7 Å². The van der Waals surface area contributed by atoms with Crippen molar-refractivity contribution in [3.63, 3.8) is 0 Å². The summed E-state index contributed by atoms with van der Waals surface area (Å²) >= 11 is 2.80. The van der Waals surface area contributed by atoms with Crippen molar-refractivity contribution < 1.29 is 23.9 Å². The van der Waals surface area contributed by atoms with E-state index < -0.39 is 11.8 Å². The first kappa shape index (κ1) is 32.3. The first-order chi connectivity index (χ1) is 22.4. The molecule has 0 unspecified atom stereocenters. The van der Waals surface area contributed by atoms with E-state index in [1.807, 2.05) is 6.07 Å². The van der Waals surface area contributed by atoms with Gasteiger partial charge in [0.05, 0.1) is 25.5 Å². The Balaban J connectivity index is 1.30. The molecule has 46 heavy (non-hydrogen) atoms. The average molecular weight is 653 g/mol. The lowest BCUT2D eigenvalue weighted by Gasteiger charge is -2.13. The number of carbonyl (C=O) groups excluding carboxylic acids is 3. The van der Waals surface area contributed by atoms with Crippen LogP contribution >= 0.6 is 23.1 Å². The van der Waals surface area contributed by atoms with Crippen molar-refractivity contribution in [3.8, 4) is 17.6 Å². The van der Waals surface area contributed by atoms with Gasteiger partial charge in [-0.25, -0.2) is 0 Å². The van der Waals surface area contributed by atoms with E-state index in [4.69, 9.17) is 9.47 Å². The van der Waals surface area contributed by atoms with Gasteiger partial charge in [0.25, 0.3) is 11.8 Å². The molecule has 1 aliphatic carbocycles. The summed E-state index contributed by atoms with van der Waals surface area (Å²) in [6, 6.07) is 23.1. The van der Waals surface area contributed by atoms with Gasteiger partial charge in [-0.2, -0.15) is 5.26 Å². The molecule has 3 amide bonds. The molecule has 0 fully saturated rings. The third-order valence-electron chi connectivity index (χ3n) is 7.26. The topological polar surface area (TPSA) is 130 Å². The van der Waals surface area contributed by atoms with Crippen LogP contribution < -0.4 is 25.4 Å². The van der Waals surface area contributed by atoms with E-state index in [9.17, 15) is 19.6 Å². The van der Waals surface area contributed by atoms with Gasteiger partial charge in [-0.05, 0) is 85.9 Å². The van der Waals surface area contributed by atoms with Crippen LogP contribution in [-0.2, 0) is 22.4 Å². The van der Waals surface area contributed by atoms with E-state index in [1.165, 1.54) is 48.3 Å². The maximum Gasteiger partial charge on any atom is 0.272 e. The zero-order valence-corrected chi connectivity index (χ0v) is 27.0. The monoisotopic (exact) mass is 652 g/mol. The standard InChI is InChI=1S/C35H32N4O5S2/c1-43-25-15-16-30(44-2)23(17-25)18-29(38-33(41)22-9-4-3-5-10-22)34(42)37-24-11-8-12-26(19-24)45-21-32(40)39-35-28(20-36)27-13-6-7-14-31(27)46-35/h3-5,8-12,15-19H,6-7,13-14,21H2,1-2H3,(H,37,42)(H,38,41)(H,39,40)/b29-18+. The van der Waals surface area contributed by atoms with Crippen LogP contribution in [0.2, 0.25) is 0 Å². The van der Waals surface area contributed by atoms with Gasteiger partial charge in [0.2, 0.25) is 5.91 Å². The number of nitriles is 1. The van der Waals surface area contributed by atoms with E-state index in [-0.39, 0.29) is 17.4 Å². The van der Waals surface area contributed by atoms with Gasteiger partial charge in [-0.3, -0.25) is 14.4 Å². The zero-order valence-electron chi connectivity index (χ0n) is 25.3. The molecule has 0 aliphatic heterocycles. The zero-order chi connectivity index (χ0) is 32.5. The fraction of sp³-hybridized carbons (Fsp3) is 0.200. The number of aryl methyl sites for hydroxylation is 1. The lowest BCUT2D eigenvalue weighted by Crippen LogP contribution is -2.30. The average Bonchev–Trinajstić information content (AvgIpc) is 3.44. The minimum Gasteiger partial charge on any atom is -0.497 e. The van der Waals surface area contributed by atoms with Gasteiger partial charge in [0, 0.05) is 26.6 Å². The van der Waals surface area contributed by atoms with Crippen molar-refractivity contribution in [1.29, 1.82) is 5.26 Å². The minimum absolute atomic E-state index is 0.00946. The smallest absolute Gasteiger partial charge is 0.272 e. The number of benzene rings is 3. The summed E-state index contributed by atoms with van der Waals surface area (Å²) in [7, 11) is 3.05. The lowest BCUT2D eigenvalue weighted by atomic mass is 9.96. The molecule has 1 heterocycles. The maximum absolute atomic E-state index is 13.6. The fourth-order valence-corrected chi connectivity index (χ4v) is 7.01. The predicted molar refractivity (Wildman–Crippen MR) is 182 cm³/mol. The summed E-state index contributed by atoms with van der Waals surface area (Å²) in [6.07, 6.45) is 5.49. The molecular weight excluding hydrogens is 621 g/mol. The Morgan fingerprint density at radius 1 is 0.957 bits per heavy atom. The minimum atomic E-state index is -0.556. The number of fused-ring (bicyclic) bond motifs is 1. The molecule has 1 aliphatic rings. The van der Waals surface area contributed by atoms with Crippen LogP contribution in [-0.4, -0.2) is 37.7 Å². The molecular formula is C35H32N4O5S2. The Hall–Kier alpha value is -5.05. The summed E-state index contributed by atoms with van der Waals surface area (Å²) in [5, 5.41) is 18.8. The van der Waals surface area contributed by atoms with Crippen LogP contribution in [0.4, 0.5) is 10.7 Å². The third kappa shape index (κ3) is 7.96. The van der Waals surface area contributed by atoms with Crippen LogP contribution in [0.5, 0.6) is 11.5 Å². The number of thiophene rings is 1. The SMILES string of the molecule is COc1ccc(OC)c(/C=C(/NC(=O)c2ccccc2)C(=O)Nc2cccc(SCC(=O)Nc3sc4c(c3C#N)CCCC4)c2)c1. The van der Waals surface area contributed by atoms with Crippen molar-refractivity contribution >= 4 is 57.6 Å². The molecule has 5 rings (SSSR count). The van der Waals surface area contributed by atoms with Gasteiger partial charge >= 0.3 is 0 Å². The number of anilines is 2. The van der Waals surface area contributed by atoms with E-state index in [2.05, 4.69) is 22.0 Å². The van der Waals surface area contributed by atoms with E-state index in [0.29, 0.717) is 38.9 Å². The molecule has 3 aromatic carbocycles. The molecule has 0 saturated carbocycles. The normalized spacial score (nSPS) is 12.3. The molecule has 3 N–H and O–H groups in total. The number of amides is 3. The molecule has 0 bridgehead atoms. The number of carbonyl (C=O) groups is 3. The number of ether oxygens (including phenoxy) is 2. The van der Waals surface area contributed by atoms with Crippen molar-refractivity contribution in [2.75, 3.05) is 30.6 Å². The van der Waals surface area contributed by atoms with E-state index in [0.717, 1.165) is 36.1 Å². The van der Waals surface area contributed by atoms with Gasteiger partial charge in [-0.15, -0.1) is 23.1 Å². The highest BCUT2D eigenvalue weighted by atomic mass is 32.2. The molecule has 0 spiro atoms. The number of hydrogen-bond acceptors (Lipinski definition) is 8. The largest absolute Gasteiger partial charge is 0.497 e. The summed E-state index contributed by atoms with van der Waals surface area (Å²) in [6.45, 7) is 0. The molecule has 9 nitrogen and oxygen atoms in total. The van der Waals surface area contributed by atoms with Crippen LogP contribution in [0.3, 0.4) is 0 Å². The van der Waals surface area contributed by atoms with Crippen LogP contribution in [0.1, 0.15) is 44.8 Å². The number of hydrogen-bond donors (Lipinski definition) is 3. The Morgan fingerprint density at radius 2 is 1.76 bits per heavy atom. The highest BCUT2D eigenvalue weighted by Gasteiger charge is 2.22. The lowest BCUT2D eigenvalue weighted by molar-refractivity contribution is -0.114. The molecule has 11 heteroatoms. The number of thioether (sulfide) groups is 1. The van der Waals surface area contributed by atoms with Crippen molar-refractivity contribution in [3.05, 3.63) is 106 Å². The number of methoxy groups -OCH3 is 2. The number of rotatable bonds is 11. The third-order valence-corrected chi connectivity index (χ3v) is 9.46. The Kier molecular flexibility index (Phi) is 10.8. The highest BCUT2D eigenvalue weighted by molar-refractivity contribution is 8.00. The van der Waals surface area contributed by atoms with Crippen molar-refractivity contribution in [2.45, 2.75) is 30.6 Å². The second kappa shape index (κ2) is 15.3. The summed E-state index contributed by atoms with van der Waals surface area (Å²) in [5.41, 5.74) is 3.04. The second-order valence-corrected chi connectivity index (χ2v) is 12.5. The van der Waals surface area contributed by atoms with Crippen LogP contribution in [0, 0.1) is 11.3 Å². The molecule has 0 saturated heterocycles. The fourth-order valence-electron chi connectivity index (χ4n) is 5.00. The summed E-state index contributed by atoms with van der Waals surface area (Å²) in [4.78, 5) is 41.4. The molecule has 1 aromatic heterocycles. The Morgan fingerprint density at radius 3 is 2.52 bits per heavy atom. The van der Waals surface area contributed by atoms with Crippen LogP contribution in [0.15, 0.2) is 83.4 Å². The first-order valence-corrected chi connectivity index (χ1v) is 16.4. The summed E-state index contributed by atoms with van der Waals surface area (Å²) in [5.74, 6) is -0.0572. The van der Waals surface area contributed by atoms with Crippen molar-refractivity contribution in [2.24, 2.45) is 0 Å². The first-order valence-electron chi connectivity index (χ1n) is 14.6. The van der Waals surface area contributed by atoms with E-state index >= 15 is 0 Å². The molecule has 0 atom stereocenters. The highest BCUT2D eigenvalue weighted by Crippen LogP contribution is 2.38. The Labute approximate surface area is 275 Å². The quantitative estimate of drug-likeness (QED) is 0.122. The van der Waals surface area contributed by atoms with Crippen molar-refractivity contribution in [1.82, 2.24) is 5.32 Å². The van der Waals surface area contributed by atoms with Gasteiger partial charge in [-0.1, -0.05) is 24.3 Å². The number of nitrogens with one attached hydrogen (secondary N) is 3. The van der Waals surface area contributed by atoms with Gasteiger partial charge in [0.15, 0.2) is 0 Å². The molecule has 234 valence electrons. The van der Waals surface area contributed by atoms with Gasteiger partial charge < -0.3 is 25.4 Å². The predicted octanol–water partition coefficient (Wildman–Crippen LogP) is 6.66. The van der Waals surface area contributed by atoms with Gasteiger partial charge in [0.1, 0.15) is 28.3 Å². The van der Waals surface area contributed by atoms with Crippen LogP contribution in [0.25, 0.3) is 6.08 Å². The Bertz CT molecular complexity index is 1830.